The molecule has 0 saturated carbocycles. The van der Waals surface area contributed by atoms with Crippen LogP contribution in [0.4, 0.5) is 0 Å². The first-order chi connectivity index (χ1) is 5.59. The maximum Gasteiger partial charge on any atom is 0.306 e. The molecule has 2 N–H and O–H groups in total. The Kier molecular flexibility index (Phi) is 3.08. The Bertz CT molecular complexity index is 284. The molecule has 0 amide bonds. The van der Waals surface area contributed by atoms with Gasteiger partial charge in [0.2, 0.25) is 0 Å². The average molecular weight is 207 g/mol. The van der Waals surface area contributed by atoms with Crippen LogP contribution >= 0.6 is 22.9 Å². The summed E-state index contributed by atoms with van der Waals surface area (Å²) in [6.45, 7) is 0. The van der Waals surface area contributed by atoms with Gasteiger partial charge in [0.05, 0.1) is 17.5 Å². The molecule has 0 aliphatic heterocycles. The van der Waals surface area contributed by atoms with Gasteiger partial charge in [-0.25, -0.2) is 0 Å². The van der Waals surface area contributed by atoms with Crippen molar-refractivity contribution in [2.45, 2.75) is 12.5 Å². The second kappa shape index (κ2) is 3.89. The fourth-order valence-electron chi connectivity index (χ4n) is 0.769. The highest BCUT2D eigenvalue weighted by molar-refractivity contribution is 7.10. The molecule has 1 aromatic heterocycles. The molecule has 1 unspecified atom stereocenters. The molecule has 0 saturated heterocycles. The molecule has 0 aromatic carbocycles. The predicted molar refractivity (Wildman–Crippen MR) is 46.5 cm³/mol. The van der Waals surface area contributed by atoms with Gasteiger partial charge in [-0.3, -0.25) is 4.79 Å². The van der Waals surface area contributed by atoms with E-state index in [1.807, 2.05) is 0 Å². The number of carboxylic acids is 1. The third kappa shape index (κ3) is 2.48. The maximum atomic E-state index is 10.2. The molecule has 12 heavy (non-hydrogen) atoms. The summed E-state index contributed by atoms with van der Waals surface area (Å²) in [5.41, 5.74) is 0. The first-order valence-electron chi connectivity index (χ1n) is 3.23. The van der Waals surface area contributed by atoms with Crippen molar-refractivity contribution >= 4 is 28.9 Å². The summed E-state index contributed by atoms with van der Waals surface area (Å²) in [6, 6.07) is 1.57. The summed E-state index contributed by atoms with van der Waals surface area (Å²) in [4.78, 5) is 10.8. The van der Waals surface area contributed by atoms with Crippen LogP contribution in [0.15, 0.2) is 11.4 Å². The van der Waals surface area contributed by atoms with Crippen molar-refractivity contribution in [3.63, 3.8) is 0 Å². The number of hydrogen-bond donors (Lipinski definition) is 2. The Morgan fingerprint density at radius 2 is 2.42 bits per heavy atom. The lowest BCUT2D eigenvalue weighted by Crippen LogP contribution is -2.03. The van der Waals surface area contributed by atoms with Crippen molar-refractivity contribution in [3.05, 3.63) is 21.3 Å². The summed E-state index contributed by atoms with van der Waals surface area (Å²) in [5, 5.41) is 19.8. The first-order valence-corrected chi connectivity index (χ1v) is 4.49. The van der Waals surface area contributed by atoms with Crippen LogP contribution in [0.2, 0.25) is 5.02 Å². The summed E-state index contributed by atoms with van der Waals surface area (Å²) in [7, 11) is 0. The number of thiophene rings is 1. The van der Waals surface area contributed by atoms with Crippen LogP contribution in [-0.4, -0.2) is 16.2 Å². The minimum atomic E-state index is -1.02. The Hall–Kier alpha value is -0.580. The van der Waals surface area contributed by atoms with Crippen LogP contribution in [0.25, 0.3) is 0 Å². The van der Waals surface area contributed by atoms with Gasteiger partial charge in [-0.05, 0) is 6.07 Å². The molecule has 1 atom stereocenters. The number of carbonyl (C=O) groups is 1. The molecule has 0 bridgehead atoms. The molecule has 0 aliphatic carbocycles. The molecule has 66 valence electrons. The van der Waals surface area contributed by atoms with E-state index in [0.717, 1.165) is 0 Å². The highest BCUT2D eigenvalue weighted by Gasteiger charge is 2.13. The van der Waals surface area contributed by atoms with Gasteiger partial charge in [0.1, 0.15) is 0 Å². The van der Waals surface area contributed by atoms with E-state index in [9.17, 15) is 9.90 Å². The molecule has 0 spiro atoms. The Labute approximate surface area is 78.2 Å². The summed E-state index contributed by atoms with van der Waals surface area (Å²) in [5.74, 6) is -1.02. The number of aliphatic carboxylic acids is 1. The van der Waals surface area contributed by atoms with Gasteiger partial charge in [0.25, 0.3) is 0 Å². The van der Waals surface area contributed by atoms with Crippen LogP contribution in [-0.2, 0) is 4.79 Å². The van der Waals surface area contributed by atoms with E-state index in [4.69, 9.17) is 16.7 Å². The molecule has 1 aromatic rings. The quantitative estimate of drug-likeness (QED) is 0.795. The number of aliphatic hydroxyl groups excluding tert-OH is 1. The van der Waals surface area contributed by atoms with E-state index in [2.05, 4.69) is 0 Å². The fourth-order valence-corrected chi connectivity index (χ4v) is 1.84. The zero-order chi connectivity index (χ0) is 9.14. The van der Waals surface area contributed by atoms with Crippen LogP contribution in [0.1, 0.15) is 17.4 Å². The second-order valence-electron chi connectivity index (χ2n) is 2.28. The van der Waals surface area contributed by atoms with Crippen molar-refractivity contribution < 1.29 is 15.0 Å². The fraction of sp³-hybridized carbons (Fsp3) is 0.286. The molecule has 0 aliphatic rings. The van der Waals surface area contributed by atoms with E-state index in [-0.39, 0.29) is 6.42 Å². The maximum absolute atomic E-state index is 10.2. The Morgan fingerprint density at radius 3 is 2.83 bits per heavy atom. The average Bonchev–Trinajstić information content (AvgIpc) is 2.34. The van der Waals surface area contributed by atoms with Crippen LogP contribution in [0.3, 0.4) is 0 Å². The van der Waals surface area contributed by atoms with E-state index in [0.29, 0.717) is 9.90 Å². The summed E-state index contributed by atoms with van der Waals surface area (Å²) in [6.07, 6.45) is -1.23. The number of aliphatic hydroxyl groups is 1. The third-order valence-electron chi connectivity index (χ3n) is 1.28. The zero-order valence-corrected chi connectivity index (χ0v) is 7.60. The summed E-state index contributed by atoms with van der Waals surface area (Å²) >= 11 is 6.85. The van der Waals surface area contributed by atoms with Gasteiger partial charge < -0.3 is 10.2 Å². The van der Waals surface area contributed by atoms with E-state index in [1.54, 1.807) is 11.4 Å². The van der Waals surface area contributed by atoms with Crippen LogP contribution in [0, 0.1) is 0 Å². The highest BCUT2D eigenvalue weighted by Crippen LogP contribution is 2.26. The standard InChI is InChI=1S/C7H7ClO3S/c8-4-1-6(12-3-4)5(9)2-7(10)11/h1,3,5,9H,2H2,(H,10,11). The molecule has 0 radical (unpaired) electrons. The molecule has 5 heteroatoms. The molecular formula is C7H7ClO3S. The molecule has 1 rings (SSSR count). The van der Waals surface area contributed by atoms with Crippen LogP contribution < -0.4 is 0 Å². The lowest BCUT2D eigenvalue weighted by molar-refractivity contribution is -0.139. The van der Waals surface area contributed by atoms with Crippen LogP contribution in [0.5, 0.6) is 0 Å². The lowest BCUT2D eigenvalue weighted by Gasteiger charge is -2.02. The third-order valence-corrected chi connectivity index (χ3v) is 2.67. The predicted octanol–water partition coefficient (Wildman–Crippen LogP) is 1.91. The van der Waals surface area contributed by atoms with Crippen molar-refractivity contribution in [3.8, 4) is 0 Å². The van der Waals surface area contributed by atoms with Crippen molar-refractivity contribution in [1.82, 2.24) is 0 Å². The van der Waals surface area contributed by atoms with Gasteiger partial charge in [-0.1, -0.05) is 11.6 Å². The first kappa shape index (κ1) is 9.51. The molecule has 3 nitrogen and oxygen atoms in total. The van der Waals surface area contributed by atoms with Crippen molar-refractivity contribution in [2.75, 3.05) is 0 Å². The minimum absolute atomic E-state index is 0.281. The second-order valence-corrected chi connectivity index (χ2v) is 3.66. The minimum Gasteiger partial charge on any atom is -0.481 e. The monoisotopic (exact) mass is 206 g/mol. The molecule has 0 fully saturated rings. The number of carboxylic acid groups (broad SMARTS) is 1. The van der Waals surface area contributed by atoms with Gasteiger partial charge >= 0.3 is 5.97 Å². The van der Waals surface area contributed by atoms with Crippen molar-refractivity contribution in [1.29, 1.82) is 0 Å². The Balaban J connectivity index is 2.64. The van der Waals surface area contributed by atoms with Gasteiger partial charge in [-0.15, -0.1) is 11.3 Å². The number of halogens is 1. The SMILES string of the molecule is O=C(O)CC(O)c1cc(Cl)cs1. The number of hydrogen-bond acceptors (Lipinski definition) is 3. The summed E-state index contributed by atoms with van der Waals surface area (Å²) < 4.78 is 0. The zero-order valence-electron chi connectivity index (χ0n) is 6.03. The Morgan fingerprint density at radius 1 is 1.75 bits per heavy atom. The van der Waals surface area contributed by atoms with Gasteiger partial charge in [0.15, 0.2) is 0 Å². The van der Waals surface area contributed by atoms with Crippen molar-refractivity contribution in [2.24, 2.45) is 0 Å². The topological polar surface area (TPSA) is 57.5 Å². The van der Waals surface area contributed by atoms with E-state index < -0.39 is 12.1 Å². The molecular weight excluding hydrogens is 200 g/mol. The van der Waals surface area contributed by atoms with Gasteiger partial charge in [-0.2, -0.15) is 0 Å². The highest BCUT2D eigenvalue weighted by atomic mass is 35.5. The number of rotatable bonds is 3. The van der Waals surface area contributed by atoms with E-state index in [1.165, 1.54) is 11.3 Å². The normalized spacial score (nSPS) is 12.8. The lowest BCUT2D eigenvalue weighted by atomic mass is 10.2. The van der Waals surface area contributed by atoms with E-state index >= 15 is 0 Å². The largest absolute Gasteiger partial charge is 0.481 e. The smallest absolute Gasteiger partial charge is 0.306 e. The van der Waals surface area contributed by atoms with Gasteiger partial charge in [0, 0.05) is 10.3 Å². The molecule has 1 heterocycles.